The van der Waals surface area contributed by atoms with E-state index in [2.05, 4.69) is 16.5 Å². The van der Waals surface area contributed by atoms with Crippen LogP contribution in [0.5, 0.6) is 6.01 Å². The third kappa shape index (κ3) is 4.97. The van der Waals surface area contributed by atoms with Crippen LogP contribution in [0.15, 0.2) is 72.9 Å². The minimum Gasteiger partial charge on any atom is -0.478 e. The summed E-state index contributed by atoms with van der Waals surface area (Å²) in [5.74, 6) is -1.22. The predicted molar refractivity (Wildman–Crippen MR) is 112 cm³/mol. The maximum Gasteiger partial charge on any atom is 0.348 e. The Morgan fingerprint density at radius 3 is 2.31 bits per heavy atom. The SMILES string of the molecule is C=C(/C=C\C=C/C)C(OC)(c1ccccc1)[C@H](Oc1nc(C)cc(C)n1)C(=O)O. The van der Waals surface area contributed by atoms with E-state index in [0.717, 1.165) is 0 Å². The quantitative estimate of drug-likeness (QED) is 0.643. The van der Waals surface area contributed by atoms with Crippen LogP contribution in [0.2, 0.25) is 0 Å². The summed E-state index contributed by atoms with van der Waals surface area (Å²) >= 11 is 0. The van der Waals surface area contributed by atoms with Gasteiger partial charge >= 0.3 is 12.0 Å². The molecule has 0 radical (unpaired) electrons. The number of carboxylic acid groups (broad SMARTS) is 1. The van der Waals surface area contributed by atoms with Gasteiger partial charge in [0.15, 0.2) is 5.60 Å². The molecule has 0 aliphatic rings. The molecule has 1 aromatic heterocycles. The maximum atomic E-state index is 12.3. The Hall–Kier alpha value is -3.25. The van der Waals surface area contributed by atoms with E-state index in [9.17, 15) is 9.90 Å². The number of aryl methyl sites for hydroxylation is 2. The molecule has 0 saturated carbocycles. The monoisotopic (exact) mass is 394 g/mol. The molecule has 2 aromatic rings. The number of nitrogens with zero attached hydrogens (tertiary/aromatic N) is 2. The number of rotatable bonds is 9. The Morgan fingerprint density at radius 2 is 1.79 bits per heavy atom. The van der Waals surface area contributed by atoms with E-state index in [0.29, 0.717) is 22.5 Å². The first kappa shape index (κ1) is 22.0. The Bertz CT molecular complexity index is 901. The van der Waals surface area contributed by atoms with Crippen molar-refractivity contribution in [2.45, 2.75) is 32.5 Å². The zero-order chi connectivity index (χ0) is 21.4. The average molecular weight is 394 g/mol. The highest BCUT2D eigenvalue weighted by atomic mass is 16.6. The number of carbonyl (C=O) groups is 1. The smallest absolute Gasteiger partial charge is 0.348 e. The second-order valence-corrected chi connectivity index (χ2v) is 6.49. The summed E-state index contributed by atoms with van der Waals surface area (Å²) in [7, 11) is 1.43. The molecule has 1 N–H and O–H groups in total. The summed E-state index contributed by atoms with van der Waals surface area (Å²) < 4.78 is 11.7. The second kappa shape index (κ2) is 9.80. The van der Waals surface area contributed by atoms with E-state index in [-0.39, 0.29) is 6.01 Å². The van der Waals surface area contributed by atoms with E-state index in [4.69, 9.17) is 9.47 Å². The summed E-state index contributed by atoms with van der Waals surface area (Å²) in [5.41, 5.74) is 0.861. The number of hydrogen-bond acceptors (Lipinski definition) is 5. The zero-order valence-electron chi connectivity index (χ0n) is 17.1. The highest BCUT2D eigenvalue weighted by Crippen LogP contribution is 2.38. The van der Waals surface area contributed by atoms with Crippen molar-refractivity contribution in [3.05, 3.63) is 89.8 Å². The Labute approximate surface area is 171 Å². The van der Waals surface area contributed by atoms with E-state index in [1.54, 1.807) is 56.3 Å². The molecule has 1 aromatic carbocycles. The summed E-state index contributed by atoms with van der Waals surface area (Å²) in [6.07, 6.45) is 5.68. The summed E-state index contributed by atoms with van der Waals surface area (Å²) in [6.45, 7) is 9.56. The van der Waals surface area contributed by atoms with Crippen LogP contribution in [0.1, 0.15) is 23.9 Å². The van der Waals surface area contributed by atoms with Gasteiger partial charge in [0, 0.05) is 18.5 Å². The van der Waals surface area contributed by atoms with Crippen molar-refractivity contribution in [3.8, 4) is 6.01 Å². The third-order valence-electron chi connectivity index (χ3n) is 4.38. The summed E-state index contributed by atoms with van der Waals surface area (Å²) in [6, 6.07) is 10.8. The van der Waals surface area contributed by atoms with Crippen LogP contribution < -0.4 is 4.74 Å². The minimum absolute atomic E-state index is 0.0301. The van der Waals surface area contributed by atoms with Crippen LogP contribution in [0.3, 0.4) is 0 Å². The third-order valence-corrected chi connectivity index (χ3v) is 4.38. The minimum atomic E-state index is -1.49. The molecule has 6 heteroatoms. The van der Waals surface area contributed by atoms with Gasteiger partial charge in [-0.25, -0.2) is 14.8 Å². The van der Waals surface area contributed by atoms with Crippen LogP contribution in [0.25, 0.3) is 0 Å². The van der Waals surface area contributed by atoms with Gasteiger partial charge in [-0.2, -0.15) is 0 Å². The second-order valence-electron chi connectivity index (χ2n) is 6.49. The average Bonchev–Trinajstić information content (AvgIpc) is 2.68. The van der Waals surface area contributed by atoms with Gasteiger partial charge in [-0.05, 0) is 38.0 Å². The predicted octanol–water partition coefficient (Wildman–Crippen LogP) is 4.16. The number of benzene rings is 1. The first-order valence-corrected chi connectivity index (χ1v) is 9.16. The lowest BCUT2D eigenvalue weighted by Crippen LogP contribution is -2.51. The number of methoxy groups -OCH3 is 1. The van der Waals surface area contributed by atoms with Gasteiger partial charge in [-0.3, -0.25) is 0 Å². The Kier molecular flexibility index (Phi) is 7.45. The van der Waals surface area contributed by atoms with Crippen LogP contribution in [-0.2, 0) is 15.1 Å². The van der Waals surface area contributed by atoms with E-state index in [1.165, 1.54) is 7.11 Å². The molecule has 152 valence electrons. The van der Waals surface area contributed by atoms with Crippen molar-refractivity contribution in [3.63, 3.8) is 0 Å². The topological polar surface area (TPSA) is 81.5 Å². The van der Waals surface area contributed by atoms with Gasteiger partial charge in [0.1, 0.15) is 0 Å². The first-order chi connectivity index (χ1) is 13.8. The molecule has 2 atom stereocenters. The van der Waals surface area contributed by atoms with Crippen molar-refractivity contribution in [2.24, 2.45) is 0 Å². The normalized spacial score (nSPS) is 14.6. The molecule has 1 heterocycles. The molecule has 0 bridgehead atoms. The molecule has 0 amide bonds. The van der Waals surface area contributed by atoms with Gasteiger partial charge in [0.05, 0.1) is 0 Å². The van der Waals surface area contributed by atoms with Crippen molar-refractivity contribution in [1.29, 1.82) is 0 Å². The van der Waals surface area contributed by atoms with Crippen molar-refractivity contribution < 1.29 is 19.4 Å². The van der Waals surface area contributed by atoms with E-state index < -0.39 is 17.7 Å². The van der Waals surface area contributed by atoms with Crippen molar-refractivity contribution >= 4 is 5.97 Å². The lowest BCUT2D eigenvalue weighted by atomic mass is 9.81. The maximum absolute atomic E-state index is 12.3. The molecule has 0 aliphatic heterocycles. The van der Waals surface area contributed by atoms with Crippen molar-refractivity contribution in [2.75, 3.05) is 7.11 Å². The Morgan fingerprint density at radius 1 is 1.17 bits per heavy atom. The molecular weight excluding hydrogens is 368 g/mol. The molecule has 0 fully saturated rings. The highest BCUT2D eigenvalue weighted by molar-refractivity contribution is 5.76. The van der Waals surface area contributed by atoms with Gasteiger partial charge < -0.3 is 14.6 Å². The standard InChI is InChI=1S/C23H26N2O4/c1-6-7-9-12-16(2)23(28-5,19-13-10-8-11-14-19)20(21(26)27)29-22-24-17(3)15-18(4)25-22/h6-15,20H,2H2,1,3-5H3,(H,26,27)/b7-6-,12-9-/t20-,23?/m1/s1. The molecule has 2 rings (SSSR count). The number of hydrogen-bond donors (Lipinski definition) is 1. The van der Waals surface area contributed by atoms with Gasteiger partial charge in [-0.15, -0.1) is 0 Å². The number of ether oxygens (including phenoxy) is 2. The van der Waals surface area contributed by atoms with E-state index in [1.807, 2.05) is 25.1 Å². The number of allylic oxidation sites excluding steroid dienone is 3. The molecule has 1 unspecified atom stereocenters. The van der Waals surface area contributed by atoms with Gasteiger partial charge in [0.25, 0.3) is 0 Å². The number of aromatic nitrogens is 2. The molecule has 29 heavy (non-hydrogen) atoms. The Balaban J connectivity index is 2.64. The summed E-state index contributed by atoms with van der Waals surface area (Å²) in [5, 5.41) is 10.1. The lowest BCUT2D eigenvalue weighted by Gasteiger charge is -2.38. The van der Waals surface area contributed by atoms with Crippen molar-refractivity contribution in [1.82, 2.24) is 9.97 Å². The molecular formula is C23H26N2O4. The fourth-order valence-electron chi connectivity index (χ4n) is 3.11. The van der Waals surface area contributed by atoms with Gasteiger partial charge in [-0.1, -0.05) is 61.2 Å². The fourth-order valence-corrected chi connectivity index (χ4v) is 3.11. The zero-order valence-corrected chi connectivity index (χ0v) is 17.1. The number of aliphatic carboxylic acids is 1. The van der Waals surface area contributed by atoms with E-state index >= 15 is 0 Å². The largest absolute Gasteiger partial charge is 0.478 e. The number of carboxylic acids is 1. The molecule has 6 nitrogen and oxygen atoms in total. The molecule has 0 saturated heterocycles. The molecule has 0 aliphatic carbocycles. The van der Waals surface area contributed by atoms with Crippen LogP contribution in [0.4, 0.5) is 0 Å². The first-order valence-electron chi connectivity index (χ1n) is 9.16. The summed E-state index contributed by atoms with van der Waals surface area (Å²) in [4.78, 5) is 20.8. The fraction of sp³-hybridized carbons (Fsp3) is 0.261. The molecule has 0 spiro atoms. The van der Waals surface area contributed by atoms with Crippen LogP contribution in [-0.4, -0.2) is 34.3 Å². The van der Waals surface area contributed by atoms with Gasteiger partial charge in [0.2, 0.25) is 6.10 Å². The highest BCUT2D eigenvalue weighted by Gasteiger charge is 2.49. The lowest BCUT2D eigenvalue weighted by molar-refractivity contribution is -0.160. The van der Waals surface area contributed by atoms with Crippen LogP contribution in [0, 0.1) is 13.8 Å². The van der Waals surface area contributed by atoms with Crippen LogP contribution >= 0.6 is 0 Å².